The van der Waals surface area contributed by atoms with E-state index in [-0.39, 0.29) is 13.2 Å². The van der Waals surface area contributed by atoms with Crippen LogP contribution in [-0.4, -0.2) is 37.7 Å². The molecule has 0 N–H and O–H groups in total. The van der Waals surface area contributed by atoms with Crippen LogP contribution in [0, 0.1) is 0 Å². The number of carbonyl (C=O) groups excluding carboxylic acids is 2. The van der Waals surface area contributed by atoms with E-state index < -0.39 is 11.9 Å². The van der Waals surface area contributed by atoms with Gasteiger partial charge >= 0.3 is 11.9 Å². The highest BCUT2D eigenvalue weighted by Gasteiger charge is 2.15. The molecule has 0 saturated heterocycles. The lowest BCUT2D eigenvalue weighted by Crippen LogP contribution is -2.04. The molecule has 0 aliphatic heterocycles. The molecule has 0 amide bonds. The molecular formula is C18H19NO6S. The minimum absolute atomic E-state index is 0.00518. The lowest BCUT2D eigenvalue weighted by atomic mass is 10.2. The number of para-hydroxylation sites is 1. The van der Waals surface area contributed by atoms with Crippen LogP contribution in [0.2, 0.25) is 0 Å². The summed E-state index contributed by atoms with van der Waals surface area (Å²) >= 11 is 1.40. The van der Waals surface area contributed by atoms with Crippen molar-refractivity contribution >= 4 is 23.3 Å². The average molecular weight is 377 g/mol. The summed E-state index contributed by atoms with van der Waals surface area (Å²) in [6, 6.07) is 5.52. The standard InChI is InChI=1S/C18H19NO6S/c1-4-24-15(20)8-9-16(21)25-10-12-11-26-18(19-12)13-6-5-7-14(22-2)17(13)23-3/h5-9,11H,4,10H2,1-3H3/b9-8+. The second-order valence-electron chi connectivity index (χ2n) is 4.88. The summed E-state index contributed by atoms with van der Waals surface area (Å²) in [5.74, 6) is -0.0420. The number of aromatic nitrogens is 1. The highest BCUT2D eigenvalue weighted by atomic mass is 32.1. The van der Waals surface area contributed by atoms with Crippen LogP contribution in [0.5, 0.6) is 11.5 Å². The van der Waals surface area contributed by atoms with Gasteiger partial charge in [-0.15, -0.1) is 11.3 Å². The average Bonchev–Trinajstić information content (AvgIpc) is 3.13. The monoisotopic (exact) mass is 377 g/mol. The van der Waals surface area contributed by atoms with E-state index in [1.165, 1.54) is 11.3 Å². The highest BCUT2D eigenvalue weighted by Crippen LogP contribution is 2.38. The molecule has 0 saturated carbocycles. The third-order valence-electron chi connectivity index (χ3n) is 3.19. The van der Waals surface area contributed by atoms with E-state index in [4.69, 9.17) is 14.2 Å². The topological polar surface area (TPSA) is 84.0 Å². The van der Waals surface area contributed by atoms with Crippen LogP contribution >= 0.6 is 11.3 Å². The Morgan fingerprint density at radius 1 is 1.12 bits per heavy atom. The number of esters is 2. The van der Waals surface area contributed by atoms with Crippen LogP contribution in [-0.2, 0) is 25.7 Å². The van der Waals surface area contributed by atoms with E-state index in [2.05, 4.69) is 9.72 Å². The third-order valence-corrected chi connectivity index (χ3v) is 4.11. The van der Waals surface area contributed by atoms with Crippen molar-refractivity contribution in [2.24, 2.45) is 0 Å². The molecule has 1 aromatic carbocycles. The zero-order chi connectivity index (χ0) is 18.9. The predicted octanol–water partition coefficient (Wildman–Crippen LogP) is 2.99. The number of carbonyl (C=O) groups is 2. The molecule has 0 fully saturated rings. The first kappa shape index (κ1) is 19.5. The first-order valence-electron chi connectivity index (χ1n) is 7.76. The van der Waals surface area contributed by atoms with Crippen molar-refractivity contribution in [1.82, 2.24) is 4.98 Å². The molecule has 8 heteroatoms. The summed E-state index contributed by atoms with van der Waals surface area (Å²) in [6.45, 7) is 1.92. The maximum atomic E-state index is 11.6. The first-order chi connectivity index (χ1) is 12.6. The number of hydrogen-bond acceptors (Lipinski definition) is 8. The molecule has 138 valence electrons. The van der Waals surface area contributed by atoms with Gasteiger partial charge in [-0.3, -0.25) is 0 Å². The Bertz CT molecular complexity index is 799. The van der Waals surface area contributed by atoms with Crippen molar-refractivity contribution in [2.75, 3.05) is 20.8 Å². The lowest BCUT2D eigenvalue weighted by Gasteiger charge is -2.10. The van der Waals surface area contributed by atoms with E-state index in [9.17, 15) is 9.59 Å². The number of rotatable bonds is 8. The molecule has 0 unspecified atom stereocenters. The van der Waals surface area contributed by atoms with E-state index in [0.29, 0.717) is 22.2 Å². The Hall–Kier alpha value is -2.87. The van der Waals surface area contributed by atoms with Gasteiger partial charge in [0.05, 0.1) is 32.1 Å². The molecule has 1 aromatic heterocycles. The summed E-state index contributed by atoms with van der Waals surface area (Å²) in [5.41, 5.74) is 1.38. The summed E-state index contributed by atoms with van der Waals surface area (Å²) < 4.78 is 20.4. The third kappa shape index (κ3) is 5.06. The van der Waals surface area contributed by atoms with E-state index in [1.807, 2.05) is 12.1 Å². The summed E-state index contributed by atoms with van der Waals surface area (Å²) in [5, 5.41) is 2.50. The molecule has 0 bridgehead atoms. The SMILES string of the molecule is CCOC(=O)/C=C/C(=O)OCc1csc(-c2cccc(OC)c2OC)n1. The number of nitrogens with zero attached hydrogens (tertiary/aromatic N) is 1. The van der Waals surface area contributed by atoms with Crippen molar-refractivity contribution in [3.05, 3.63) is 41.4 Å². The molecule has 1 heterocycles. The van der Waals surface area contributed by atoms with Crippen LogP contribution in [0.3, 0.4) is 0 Å². The summed E-state index contributed by atoms with van der Waals surface area (Å²) in [4.78, 5) is 27.2. The van der Waals surface area contributed by atoms with Gasteiger partial charge in [-0.1, -0.05) is 6.07 Å². The fraction of sp³-hybridized carbons (Fsp3) is 0.278. The van der Waals surface area contributed by atoms with E-state index >= 15 is 0 Å². The molecule has 0 radical (unpaired) electrons. The van der Waals surface area contributed by atoms with Gasteiger partial charge in [-0.05, 0) is 19.1 Å². The molecule has 0 spiro atoms. The van der Waals surface area contributed by atoms with Gasteiger partial charge in [0.2, 0.25) is 0 Å². The quantitative estimate of drug-likeness (QED) is 0.516. The van der Waals surface area contributed by atoms with Crippen molar-refractivity contribution in [2.45, 2.75) is 13.5 Å². The Morgan fingerprint density at radius 2 is 1.85 bits per heavy atom. The summed E-state index contributed by atoms with van der Waals surface area (Å²) in [7, 11) is 3.13. The maximum Gasteiger partial charge on any atom is 0.331 e. The van der Waals surface area contributed by atoms with Crippen LogP contribution in [0.1, 0.15) is 12.6 Å². The van der Waals surface area contributed by atoms with Crippen LogP contribution in [0.4, 0.5) is 0 Å². The molecule has 0 aliphatic rings. The molecule has 7 nitrogen and oxygen atoms in total. The second-order valence-corrected chi connectivity index (χ2v) is 5.74. The van der Waals surface area contributed by atoms with Crippen LogP contribution < -0.4 is 9.47 Å². The van der Waals surface area contributed by atoms with Gasteiger partial charge in [-0.2, -0.15) is 0 Å². The number of benzene rings is 1. The molecule has 26 heavy (non-hydrogen) atoms. The zero-order valence-electron chi connectivity index (χ0n) is 14.7. The fourth-order valence-electron chi connectivity index (χ4n) is 2.07. The van der Waals surface area contributed by atoms with Crippen molar-refractivity contribution in [3.63, 3.8) is 0 Å². The van der Waals surface area contributed by atoms with Gasteiger partial charge in [0.15, 0.2) is 11.5 Å². The number of hydrogen-bond donors (Lipinski definition) is 0. The molecule has 2 aromatic rings. The number of methoxy groups -OCH3 is 2. The Labute approximate surface area is 155 Å². The minimum Gasteiger partial charge on any atom is -0.493 e. The molecule has 2 rings (SSSR count). The normalized spacial score (nSPS) is 10.6. The van der Waals surface area contributed by atoms with E-state index in [1.54, 1.807) is 32.6 Å². The molecule has 0 atom stereocenters. The smallest absolute Gasteiger partial charge is 0.331 e. The lowest BCUT2D eigenvalue weighted by molar-refractivity contribution is -0.141. The van der Waals surface area contributed by atoms with Crippen LogP contribution in [0.15, 0.2) is 35.7 Å². The molecule has 0 aliphatic carbocycles. The largest absolute Gasteiger partial charge is 0.493 e. The zero-order valence-corrected chi connectivity index (χ0v) is 15.5. The highest BCUT2D eigenvalue weighted by molar-refractivity contribution is 7.13. The molecular weight excluding hydrogens is 358 g/mol. The van der Waals surface area contributed by atoms with Gasteiger partial charge < -0.3 is 18.9 Å². The van der Waals surface area contributed by atoms with Gasteiger partial charge in [0.25, 0.3) is 0 Å². The number of thiazole rings is 1. The Kier molecular flexibility index (Phi) is 7.16. The maximum absolute atomic E-state index is 11.6. The van der Waals surface area contributed by atoms with Crippen LogP contribution in [0.25, 0.3) is 10.6 Å². The fourth-order valence-corrected chi connectivity index (χ4v) is 2.90. The Balaban J connectivity index is 2.03. The Morgan fingerprint density at radius 3 is 2.50 bits per heavy atom. The second kappa shape index (κ2) is 9.57. The van der Waals surface area contributed by atoms with Gasteiger partial charge in [0, 0.05) is 17.5 Å². The van der Waals surface area contributed by atoms with E-state index in [0.717, 1.165) is 17.7 Å². The van der Waals surface area contributed by atoms with Crippen molar-refractivity contribution in [1.29, 1.82) is 0 Å². The van der Waals surface area contributed by atoms with Crippen molar-refractivity contribution in [3.8, 4) is 22.1 Å². The minimum atomic E-state index is -0.647. The predicted molar refractivity (Wildman–Crippen MR) is 96.2 cm³/mol. The first-order valence-corrected chi connectivity index (χ1v) is 8.64. The van der Waals surface area contributed by atoms with Gasteiger partial charge in [-0.25, -0.2) is 14.6 Å². The van der Waals surface area contributed by atoms with Crippen molar-refractivity contribution < 1.29 is 28.5 Å². The summed E-state index contributed by atoms with van der Waals surface area (Å²) in [6.07, 6.45) is 2.05. The number of ether oxygens (including phenoxy) is 4. The van der Waals surface area contributed by atoms with Gasteiger partial charge in [0.1, 0.15) is 11.6 Å².